The molecule has 22 heavy (non-hydrogen) atoms. The predicted molar refractivity (Wildman–Crippen MR) is 90.4 cm³/mol. The molecule has 0 saturated heterocycles. The number of fused-ring (bicyclic) bond motifs is 1. The van der Waals surface area contributed by atoms with Crippen molar-refractivity contribution in [2.24, 2.45) is 0 Å². The lowest BCUT2D eigenvalue weighted by molar-refractivity contribution is 0.0998. The fourth-order valence-electron chi connectivity index (χ4n) is 2.22. The Bertz CT molecular complexity index is 874. The predicted octanol–water partition coefficient (Wildman–Crippen LogP) is 4.48. The summed E-state index contributed by atoms with van der Waals surface area (Å²) in [6.45, 7) is 0. The van der Waals surface area contributed by atoms with Crippen molar-refractivity contribution in [1.82, 2.24) is 0 Å². The van der Waals surface area contributed by atoms with E-state index in [0.29, 0.717) is 27.7 Å². The topological polar surface area (TPSA) is 66.0 Å². The van der Waals surface area contributed by atoms with Crippen LogP contribution in [0.2, 0.25) is 0 Å². The second kappa shape index (κ2) is 6.26. The van der Waals surface area contributed by atoms with Gasteiger partial charge in [-0.05, 0) is 23.8 Å². The van der Waals surface area contributed by atoms with Gasteiger partial charge in [-0.1, -0.05) is 18.2 Å². The van der Waals surface area contributed by atoms with Crippen LogP contribution in [0, 0.1) is 11.3 Å². The Morgan fingerprint density at radius 2 is 2.23 bits per heavy atom. The number of amides is 1. The van der Waals surface area contributed by atoms with E-state index in [1.54, 1.807) is 23.2 Å². The maximum absolute atomic E-state index is 12.5. The fraction of sp³-hybridized carbons (Fsp3) is 0.125. The molecule has 0 radical (unpaired) electrons. The minimum Gasteiger partial charge on any atom is -0.451 e. The first kappa shape index (κ1) is 14.7. The number of nitrogens with zero attached hydrogens (tertiary/aromatic N) is 1. The Labute approximate surface area is 135 Å². The highest BCUT2D eigenvalue weighted by Crippen LogP contribution is 2.30. The Kier molecular flexibility index (Phi) is 4.18. The zero-order valence-electron chi connectivity index (χ0n) is 11.8. The lowest BCUT2D eigenvalue weighted by atomic mass is 10.1. The van der Waals surface area contributed by atoms with Crippen LogP contribution in [0.25, 0.3) is 11.0 Å². The summed E-state index contributed by atoms with van der Waals surface area (Å²) in [4.78, 5) is 12.5. The van der Waals surface area contributed by atoms with E-state index in [2.05, 4.69) is 11.4 Å². The first-order valence-electron chi connectivity index (χ1n) is 6.53. The molecule has 0 aliphatic rings. The number of para-hydroxylation sites is 1. The quantitative estimate of drug-likeness (QED) is 0.767. The molecule has 1 amide bonds. The molecule has 110 valence electrons. The highest BCUT2D eigenvalue weighted by Gasteiger charge is 2.21. The molecular weight excluding hydrogens is 316 g/mol. The van der Waals surface area contributed by atoms with Crippen molar-refractivity contribution in [1.29, 1.82) is 5.26 Å². The summed E-state index contributed by atoms with van der Waals surface area (Å²) in [6, 6.07) is 11.3. The van der Waals surface area contributed by atoms with Crippen LogP contribution in [-0.2, 0) is 5.75 Å². The molecular formula is C16H12N2O2S2. The third-order valence-electron chi connectivity index (χ3n) is 3.21. The second-order valence-electron chi connectivity index (χ2n) is 4.57. The van der Waals surface area contributed by atoms with Crippen molar-refractivity contribution in [3.8, 4) is 6.07 Å². The van der Waals surface area contributed by atoms with Gasteiger partial charge in [0.1, 0.15) is 16.7 Å². The van der Waals surface area contributed by atoms with Crippen LogP contribution in [0.3, 0.4) is 0 Å². The number of hydrogen-bond acceptors (Lipinski definition) is 5. The van der Waals surface area contributed by atoms with Crippen LogP contribution in [0.1, 0.15) is 21.7 Å². The molecule has 1 aromatic carbocycles. The van der Waals surface area contributed by atoms with Crippen molar-refractivity contribution >= 4 is 45.0 Å². The number of thiophene rings is 1. The zero-order valence-corrected chi connectivity index (χ0v) is 13.4. The number of carbonyl (C=O) groups excluding carboxylic acids is 1. The molecule has 0 aliphatic carbocycles. The molecule has 0 bridgehead atoms. The normalized spacial score (nSPS) is 10.5. The van der Waals surface area contributed by atoms with Gasteiger partial charge in [0.2, 0.25) is 0 Å². The Hall–Kier alpha value is -2.23. The van der Waals surface area contributed by atoms with Crippen LogP contribution in [-0.4, -0.2) is 12.2 Å². The van der Waals surface area contributed by atoms with E-state index < -0.39 is 0 Å². The summed E-state index contributed by atoms with van der Waals surface area (Å²) < 4.78 is 5.73. The summed E-state index contributed by atoms with van der Waals surface area (Å²) in [5.74, 6) is 0.682. The number of benzene rings is 1. The minimum atomic E-state index is -0.320. The smallest absolute Gasteiger partial charge is 0.292 e. The average Bonchev–Trinajstić information content (AvgIpc) is 3.12. The molecule has 3 aromatic rings. The third-order valence-corrected chi connectivity index (χ3v) is 4.61. The molecule has 3 rings (SSSR count). The van der Waals surface area contributed by atoms with Crippen LogP contribution in [0.4, 0.5) is 5.00 Å². The Balaban J connectivity index is 2.00. The van der Waals surface area contributed by atoms with Gasteiger partial charge in [-0.2, -0.15) is 17.0 Å². The third kappa shape index (κ3) is 2.61. The number of nitrogens with one attached hydrogen (secondary N) is 1. The lowest BCUT2D eigenvalue weighted by Gasteiger charge is -2.03. The molecule has 0 spiro atoms. The van der Waals surface area contributed by atoms with Crippen molar-refractivity contribution in [2.75, 3.05) is 11.6 Å². The van der Waals surface area contributed by atoms with Gasteiger partial charge in [0.15, 0.2) is 5.76 Å². The molecule has 0 fully saturated rings. The van der Waals surface area contributed by atoms with E-state index in [9.17, 15) is 4.79 Å². The monoisotopic (exact) mass is 328 g/mol. The number of thioether (sulfide) groups is 1. The first-order valence-corrected chi connectivity index (χ1v) is 8.80. The Morgan fingerprint density at radius 1 is 1.41 bits per heavy atom. The van der Waals surface area contributed by atoms with Crippen molar-refractivity contribution in [3.05, 3.63) is 52.6 Å². The molecule has 2 aromatic heterocycles. The van der Waals surface area contributed by atoms with E-state index in [1.807, 2.05) is 30.5 Å². The van der Waals surface area contributed by atoms with E-state index in [1.165, 1.54) is 11.3 Å². The van der Waals surface area contributed by atoms with E-state index in [0.717, 1.165) is 10.9 Å². The Morgan fingerprint density at radius 3 is 3.00 bits per heavy atom. The number of furan rings is 1. The van der Waals surface area contributed by atoms with E-state index in [-0.39, 0.29) is 5.91 Å². The first-order chi connectivity index (χ1) is 10.7. The van der Waals surface area contributed by atoms with Gasteiger partial charge in [0.05, 0.1) is 5.56 Å². The van der Waals surface area contributed by atoms with Gasteiger partial charge in [-0.15, -0.1) is 11.3 Å². The molecule has 6 heteroatoms. The van der Waals surface area contributed by atoms with Crippen LogP contribution < -0.4 is 5.32 Å². The average molecular weight is 328 g/mol. The number of anilines is 1. The van der Waals surface area contributed by atoms with E-state index >= 15 is 0 Å². The SMILES string of the molecule is CSCc1c(C(=O)Nc2sccc2C#N)oc2ccccc12. The molecule has 2 heterocycles. The van der Waals surface area contributed by atoms with Gasteiger partial charge >= 0.3 is 0 Å². The second-order valence-corrected chi connectivity index (χ2v) is 6.35. The standard InChI is InChI=1S/C16H12N2O2S2/c1-21-9-12-11-4-2-3-5-13(11)20-14(12)15(19)18-16-10(8-17)6-7-22-16/h2-7H,9H2,1H3,(H,18,19). The maximum atomic E-state index is 12.5. The molecule has 1 N–H and O–H groups in total. The summed E-state index contributed by atoms with van der Waals surface area (Å²) >= 11 is 2.95. The maximum Gasteiger partial charge on any atom is 0.292 e. The fourth-order valence-corrected chi connectivity index (χ4v) is 3.53. The van der Waals surface area contributed by atoms with Crippen LogP contribution in [0.5, 0.6) is 0 Å². The summed E-state index contributed by atoms with van der Waals surface area (Å²) in [5, 5.41) is 15.1. The van der Waals surface area contributed by atoms with Gasteiger partial charge in [-0.25, -0.2) is 0 Å². The van der Waals surface area contributed by atoms with E-state index in [4.69, 9.17) is 9.68 Å². The summed E-state index contributed by atoms with van der Waals surface area (Å²) in [6.07, 6.45) is 1.98. The number of carbonyl (C=O) groups is 1. The summed E-state index contributed by atoms with van der Waals surface area (Å²) in [5.41, 5.74) is 2.04. The highest BCUT2D eigenvalue weighted by molar-refractivity contribution is 7.97. The van der Waals surface area contributed by atoms with Gasteiger partial charge < -0.3 is 9.73 Å². The highest BCUT2D eigenvalue weighted by atomic mass is 32.2. The molecule has 0 atom stereocenters. The summed E-state index contributed by atoms with van der Waals surface area (Å²) in [7, 11) is 0. The minimum absolute atomic E-state index is 0.313. The molecule has 0 aliphatic heterocycles. The lowest BCUT2D eigenvalue weighted by Crippen LogP contribution is -2.12. The van der Waals surface area contributed by atoms with Crippen molar-refractivity contribution < 1.29 is 9.21 Å². The van der Waals surface area contributed by atoms with Gasteiger partial charge in [0.25, 0.3) is 5.91 Å². The number of nitriles is 1. The van der Waals surface area contributed by atoms with Gasteiger partial charge in [0, 0.05) is 16.7 Å². The number of rotatable bonds is 4. The molecule has 0 saturated carbocycles. The van der Waals surface area contributed by atoms with Crippen molar-refractivity contribution in [2.45, 2.75) is 5.75 Å². The molecule has 0 unspecified atom stereocenters. The molecule has 4 nitrogen and oxygen atoms in total. The van der Waals surface area contributed by atoms with Crippen molar-refractivity contribution in [3.63, 3.8) is 0 Å². The zero-order chi connectivity index (χ0) is 15.5. The van der Waals surface area contributed by atoms with Gasteiger partial charge in [-0.3, -0.25) is 4.79 Å². The van der Waals surface area contributed by atoms with Crippen LogP contribution in [0.15, 0.2) is 40.1 Å². The largest absolute Gasteiger partial charge is 0.451 e. The van der Waals surface area contributed by atoms with Crippen LogP contribution >= 0.6 is 23.1 Å². The number of hydrogen-bond donors (Lipinski definition) is 1.